The fraction of sp³-hybridized carbons (Fsp3) is 0.423. The summed E-state index contributed by atoms with van der Waals surface area (Å²) < 4.78 is 31.7. The van der Waals surface area contributed by atoms with Crippen LogP contribution in [0.1, 0.15) is 54.7 Å². The molecule has 3 aliphatic rings. The molecule has 0 bridgehead atoms. The zero-order chi connectivity index (χ0) is 27.1. The number of carboxylic acid groups (broad SMARTS) is 1. The number of aliphatic carboxylic acids is 1. The Labute approximate surface area is 216 Å². The zero-order valence-electron chi connectivity index (χ0n) is 19.8. The highest BCUT2D eigenvalue weighted by Crippen LogP contribution is 2.41. The smallest absolute Gasteiger partial charge is 0.475 e. The van der Waals surface area contributed by atoms with Gasteiger partial charge in [-0.05, 0) is 47.6 Å². The van der Waals surface area contributed by atoms with Crippen molar-refractivity contribution in [1.29, 1.82) is 0 Å². The summed E-state index contributed by atoms with van der Waals surface area (Å²) in [5.41, 5.74) is 4.94. The average Bonchev–Trinajstić information content (AvgIpc) is 3.63. The van der Waals surface area contributed by atoms with E-state index in [-0.39, 0.29) is 11.8 Å². The second kappa shape index (κ2) is 12.4. The predicted octanol–water partition coefficient (Wildman–Crippen LogP) is 5.43. The highest BCUT2D eigenvalue weighted by Gasteiger charge is 2.42. The minimum absolute atomic E-state index is 0.102. The van der Waals surface area contributed by atoms with Crippen LogP contribution in [0.3, 0.4) is 0 Å². The predicted molar refractivity (Wildman–Crippen MR) is 128 cm³/mol. The first-order valence-corrected chi connectivity index (χ1v) is 12.0. The van der Waals surface area contributed by atoms with E-state index < -0.39 is 12.1 Å². The Morgan fingerprint density at radius 1 is 1.14 bits per heavy atom. The minimum atomic E-state index is -5.08. The molecule has 2 fully saturated rings. The van der Waals surface area contributed by atoms with E-state index in [2.05, 4.69) is 52.5 Å². The summed E-state index contributed by atoms with van der Waals surface area (Å²) in [6, 6.07) is 17.0. The van der Waals surface area contributed by atoms with E-state index in [1.54, 1.807) is 0 Å². The third-order valence-corrected chi connectivity index (χ3v) is 6.61. The van der Waals surface area contributed by atoms with Crippen LogP contribution in [0.15, 0.2) is 53.7 Å². The van der Waals surface area contributed by atoms with Crippen LogP contribution in [0.5, 0.6) is 0 Å². The molecule has 7 nitrogen and oxygen atoms in total. The summed E-state index contributed by atoms with van der Waals surface area (Å²) in [5, 5.41) is 12.4. The average molecular weight is 539 g/mol. The zero-order valence-corrected chi connectivity index (χ0v) is 20.6. The molecule has 2 heterocycles. The molecular weight excluding hydrogens is 513 g/mol. The van der Waals surface area contributed by atoms with Gasteiger partial charge in [0, 0.05) is 43.9 Å². The number of nitrogens with zero attached hydrogens (tertiary/aromatic N) is 2. The van der Waals surface area contributed by atoms with Crippen molar-refractivity contribution >= 4 is 29.4 Å². The van der Waals surface area contributed by atoms with Gasteiger partial charge < -0.3 is 9.94 Å². The first-order valence-electron chi connectivity index (χ1n) is 11.7. The van der Waals surface area contributed by atoms with Crippen molar-refractivity contribution in [2.75, 3.05) is 13.1 Å². The number of carbonyl (C=O) groups is 1. The Bertz CT molecular complexity index is 1140. The quantitative estimate of drug-likeness (QED) is 0.558. The molecule has 0 atom stereocenters. The van der Waals surface area contributed by atoms with Crippen molar-refractivity contribution in [2.24, 2.45) is 5.16 Å². The van der Waals surface area contributed by atoms with E-state index in [0.717, 1.165) is 55.5 Å². The van der Waals surface area contributed by atoms with Crippen molar-refractivity contribution in [1.82, 2.24) is 4.90 Å². The third-order valence-electron chi connectivity index (χ3n) is 6.39. The molecule has 198 valence electrons. The molecule has 1 N–H and O–H groups in total. The van der Waals surface area contributed by atoms with Gasteiger partial charge in [-0.15, -0.1) is 0 Å². The number of carboxylic acids is 1. The maximum absolute atomic E-state index is 10.6. The number of oxime groups is 1. The van der Waals surface area contributed by atoms with E-state index in [9.17, 15) is 13.2 Å². The Balaban J connectivity index is 0.000000327. The molecule has 0 radical (unpaired) electrons. The third kappa shape index (κ3) is 8.42. The number of likely N-dealkylation sites (tertiary alicyclic amines) is 1. The lowest BCUT2D eigenvalue weighted by atomic mass is 9.85. The number of halogens is 4. The highest BCUT2D eigenvalue weighted by molar-refractivity contribution is 6.30. The molecule has 2 aromatic carbocycles. The Morgan fingerprint density at radius 3 is 2.27 bits per heavy atom. The van der Waals surface area contributed by atoms with Gasteiger partial charge >= 0.3 is 18.3 Å². The van der Waals surface area contributed by atoms with Crippen LogP contribution >= 0.6 is 11.6 Å². The summed E-state index contributed by atoms with van der Waals surface area (Å²) in [6.45, 7) is 3.06. The number of benzene rings is 2. The topological polar surface area (TPSA) is 96.3 Å². The van der Waals surface area contributed by atoms with Gasteiger partial charge in [0.05, 0.1) is 5.71 Å². The van der Waals surface area contributed by atoms with E-state index >= 15 is 0 Å². The lowest BCUT2D eigenvalue weighted by molar-refractivity contribution is -0.193. The fourth-order valence-electron chi connectivity index (χ4n) is 4.37. The first kappa shape index (κ1) is 28.4. The van der Waals surface area contributed by atoms with Crippen LogP contribution in [0, 0.1) is 0 Å². The lowest BCUT2D eigenvalue weighted by Crippen LogP contribution is -2.44. The van der Waals surface area contributed by atoms with Gasteiger partial charge in [-0.1, -0.05) is 53.2 Å². The van der Waals surface area contributed by atoms with Gasteiger partial charge in [-0.3, -0.25) is 4.90 Å². The number of hydrogen-bond acceptors (Lipinski definition) is 6. The van der Waals surface area contributed by atoms with E-state index in [4.69, 9.17) is 35.9 Å². The molecule has 1 saturated carbocycles. The summed E-state index contributed by atoms with van der Waals surface area (Å²) in [5.74, 6) is -2.01. The Hall–Kier alpha value is -3.20. The molecule has 1 aliphatic carbocycles. The number of piperidine rings is 1. The van der Waals surface area contributed by atoms with Crippen LogP contribution < -0.4 is 0 Å². The normalized spacial score (nSPS) is 18.3. The Kier molecular flexibility index (Phi) is 9.48. The number of carbonyl (C=O) groups excluding carboxylic acids is 2. The molecule has 1 saturated heterocycles. The SMILES string of the molecule is Clc1cc(CN2CCC3(CC2)CC(c2ccccc2)=NO3)cc(C2CC2)c1.O=C(O)C(F)(F)F.O=C=O. The molecular formula is C26H26ClF3N2O5. The molecule has 11 heteroatoms. The van der Waals surface area contributed by atoms with Crippen molar-refractivity contribution in [2.45, 2.75) is 56.3 Å². The summed E-state index contributed by atoms with van der Waals surface area (Å²) in [7, 11) is 0. The van der Waals surface area contributed by atoms with Gasteiger partial charge in [0.25, 0.3) is 0 Å². The van der Waals surface area contributed by atoms with Crippen LogP contribution in [-0.2, 0) is 25.8 Å². The second-order valence-corrected chi connectivity index (χ2v) is 9.62. The number of alkyl halides is 3. The maximum Gasteiger partial charge on any atom is 0.490 e. The number of hydrogen-bond donors (Lipinski definition) is 1. The van der Waals surface area contributed by atoms with Crippen LogP contribution in [0.4, 0.5) is 13.2 Å². The summed E-state index contributed by atoms with van der Waals surface area (Å²) in [6.07, 6.45) is 0.778. The molecule has 0 amide bonds. The standard InChI is InChI=1S/C23H25ClN2O.C2HF3O2.CO2/c24-21-13-17(12-20(14-21)18-6-7-18)16-26-10-8-23(9-11-26)15-22(25-27-23)19-4-2-1-3-5-19;3-2(4,5)1(6)7;2-1-3/h1-5,12-14,18H,6-11,15-16H2;(H,6,7);. The molecule has 2 aromatic rings. The lowest BCUT2D eigenvalue weighted by Gasteiger charge is -2.37. The van der Waals surface area contributed by atoms with E-state index in [0.29, 0.717) is 0 Å². The van der Waals surface area contributed by atoms with Gasteiger partial charge in [0.2, 0.25) is 0 Å². The first-order chi connectivity index (χ1) is 17.5. The summed E-state index contributed by atoms with van der Waals surface area (Å²) in [4.78, 5) is 33.6. The van der Waals surface area contributed by atoms with Crippen LogP contribution in [-0.4, -0.2) is 52.7 Å². The molecule has 1 spiro atoms. The maximum atomic E-state index is 10.6. The number of rotatable bonds is 4. The molecule has 0 unspecified atom stereocenters. The largest absolute Gasteiger partial charge is 0.490 e. The molecule has 5 rings (SSSR count). The monoisotopic (exact) mass is 538 g/mol. The van der Waals surface area contributed by atoms with Crippen molar-refractivity contribution < 1.29 is 37.5 Å². The van der Waals surface area contributed by atoms with Gasteiger partial charge in [-0.2, -0.15) is 22.8 Å². The van der Waals surface area contributed by atoms with Crippen molar-refractivity contribution in [3.8, 4) is 0 Å². The van der Waals surface area contributed by atoms with Crippen molar-refractivity contribution in [3.63, 3.8) is 0 Å². The molecule has 37 heavy (non-hydrogen) atoms. The van der Waals surface area contributed by atoms with E-state index in [1.807, 2.05) is 6.07 Å². The van der Waals surface area contributed by atoms with Gasteiger partial charge in [0.15, 0.2) is 0 Å². The van der Waals surface area contributed by atoms with E-state index in [1.165, 1.54) is 29.5 Å². The fourth-order valence-corrected chi connectivity index (χ4v) is 4.64. The van der Waals surface area contributed by atoms with Gasteiger partial charge in [0.1, 0.15) is 5.60 Å². The van der Waals surface area contributed by atoms with Gasteiger partial charge in [-0.25, -0.2) is 4.79 Å². The van der Waals surface area contributed by atoms with Crippen LogP contribution in [0.25, 0.3) is 0 Å². The Morgan fingerprint density at radius 2 is 1.73 bits per heavy atom. The highest BCUT2D eigenvalue weighted by atomic mass is 35.5. The molecule has 0 aromatic heterocycles. The summed E-state index contributed by atoms with van der Waals surface area (Å²) >= 11 is 6.36. The van der Waals surface area contributed by atoms with Crippen LogP contribution in [0.2, 0.25) is 5.02 Å². The minimum Gasteiger partial charge on any atom is -0.475 e. The van der Waals surface area contributed by atoms with Crippen molar-refractivity contribution in [3.05, 3.63) is 70.2 Å². The second-order valence-electron chi connectivity index (χ2n) is 9.18. The molecule has 2 aliphatic heterocycles.